The summed E-state index contributed by atoms with van der Waals surface area (Å²) in [5, 5.41) is 30.4. The summed E-state index contributed by atoms with van der Waals surface area (Å²) in [6, 6.07) is 58.3. The summed E-state index contributed by atoms with van der Waals surface area (Å²) in [5.74, 6) is 0. The van der Waals surface area contributed by atoms with Crippen LogP contribution in [0.1, 0.15) is 11.1 Å². The van der Waals surface area contributed by atoms with Crippen molar-refractivity contribution in [1.29, 1.82) is 10.5 Å². The molecular weight excluding hydrogens is 689 g/mol. The molecule has 12 aromatic rings. The molecule has 6 heteroatoms. The Morgan fingerprint density at radius 2 is 0.821 bits per heavy atom. The summed E-state index contributed by atoms with van der Waals surface area (Å²) >= 11 is 0. The normalized spacial score (nSPS) is 11.9. The van der Waals surface area contributed by atoms with Crippen molar-refractivity contribution in [2.45, 2.75) is 0 Å². The number of hydrogen-bond donors (Lipinski definition) is 0. The Morgan fingerprint density at radius 1 is 0.357 bits per heavy atom. The highest BCUT2D eigenvalue weighted by atomic mass is 16.3. The van der Waals surface area contributed by atoms with Gasteiger partial charge in [0.1, 0.15) is 28.4 Å². The zero-order chi connectivity index (χ0) is 37.1. The molecule has 0 N–H and O–H groups in total. The maximum atomic E-state index is 11.2. The second-order valence-electron chi connectivity index (χ2n) is 14.3. The number of nitrogens with zero attached hydrogens (tertiary/aromatic N) is 4. The van der Waals surface area contributed by atoms with E-state index in [0.717, 1.165) is 104 Å². The van der Waals surface area contributed by atoms with Crippen LogP contribution in [0.2, 0.25) is 0 Å². The third-order valence-electron chi connectivity index (χ3n) is 11.4. The van der Waals surface area contributed by atoms with Crippen molar-refractivity contribution < 1.29 is 8.83 Å². The summed E-state index contributed by atoms with van der Waals surface area (Å²) in [5.41, 5.74) is 10.6. The summed E-state index contributed by atoms with van der Waals surface area (Å²) in [4.78, 5) is 0. The minimum Gasteiger partial charge on any atom is -0.456 e. The van der Waals surface area contributed by atoms with Crippen molar-refractivity contribution in [3.05, 3.63) is 169 Å². The fraction of sp³-hybridized carbons (Fsp3) is 0. The molecule has 0 bridgehead atoms. The lowest BCUT2D eigenvalue weighted by Gasteiger charge is -2.23. The number of fused-ring (bicyclic) bond motifs is 12. The van der Waals surface area contributed by atoms with Crippen molar-refractivity contribution in [3.63, 3.8) is 0 Å². The van der Waals surface area contributed by atoms with Crippen LogP contribution in [0.25, 0.3) is 110 Å². The van der Waals surface area contributed by atoms with Gasteiger partial charge >= 0.3 is 0 Å². The first-order chi connectivity index (χ1) is 27.7. The quantitative estimate of drug-likeness (QED) is 0.182. The van der Waals surface area contributed by atoms with E-state index < -0.39 is 0 Å². The molecule has 4 aromatic heterocycles. The lowest BCUT2D eigenvalue weighted by Crippen LogP contribution is -2.09. The van der Waals surface area contributed by atoms with Crippen LogP contribution in [-0.2, 0) is 0 Å². The molecule has 0 radical (unpaired) electrons. The molecular formula is C50H26N4O2. The first-order valence-electron chi connectivity index (χ1n) is 18.5. The van der Waals surface area contributed by atoms with Gasteiger partial charge in [-0.3, -0.25) is 0 Å². The van der Waals surface area contributed by atoms with Crippen molar-refractivity contribution in [3.8, 4) is 34.6 Å². The molecule has 0 amide bonds. The Labute approximate surface area is 318 Å². The third kappa shape index (κ3) is 4.02. The van der Waals surface area contributed by atoms with Gasteiger partial charge in [-0.1, -0.05) is 103 Å². The molecule has 4 heterocycles. The van der Waals surface area contributed by atoms with E-state index in [2.05, 4.69) is 94.1 Å². The number of nitriles is 2. The molecule has 258 valence electrons. The number of rotatable bonds is 3. The van der Waals surface area contributed by atoms with E-state index in [-0.39, 0.29) is 0 Å². The second kappa shape index (κ2) is 11.2. The number of para-hydroxylation sites is 4. The summed E-state index contributed by atoms with van der Waals surface area (Å²) < 4.78 is 17.4. The maximum absolute atomic E-state index is 11.2. The van der Waals surface area contributed by atoms with E-state index in [9.17, 15) is 10.5 Å². The molecule has 0 atom stereocenters. The Balaban J connectivity index is 1.33. The van der Waals surface area contributed by atoms with Gasteiger partial charge in [0.05, 0.1) is 50.6 Å². The van der Waals surface area contributed by atoms with Gasteiger partial charge in [0.15, 0.2) is 0 Å². The highest BCUT2D eigenvalue weighted by Gasteiger charge is 2.28. The Hall–Kier alpha value is -8.06. The lowest BCUT2D eigenvalue weighted by atomic mass is 9.93. The van der Waals surface area contributed by atoms with Gasteiger partial charge in [0.2, 0.25) is 0 Å². The molecule has 0 saturated heterocycles. The van der Waals surface area contributed by atoms with Gasteiger partial charge in [-0.15, -0.1) is 0 Å². The minimum absolute atomic E-state index is 0.374. The van der Waals surface area contributed by atoms with Crippen LogP contribution in [0.15, 0.2) is 167 Å². The molecule has 0 aliphatic carbocycles. The Morgan fingerprint density at radius 3 is 1.36 bits per heavy atom. The summed E-state index contributed by atoms with van der Waals surface area (Å²) in [6.07, 6.45) is 0. The van der Waals surface area contributed by atoms with Crippen molar-refractivity contribution in [1.82, 2.24) is 9.13 Å². The molecule has 6 nitrogen and oxygen atoms in total. The molecule has 0 aliphatic rings. The predicted molar refractivity (Wildman–Crippen MR) is 225 cm³/mol. The average molecular weight is 715 g/mol. The first kappa shape index (κ1) is 30.4. The molecule has 8 aromatic carbocycles. The standard InChI is InChI=1S/C50H26N4O2/c51-27-30-22-31(28-52)49(53-40-18-8-4-14-32(40)36-23-38-34-16-6-10-20-44(34)55-46(38)25-42(36)53)50(48(30)29-12-2-1-3-13-29)54-41-19-9-5-15-33(41)37-24-39-35-17-7-11-21-45(35)56-47(39)26-43(37)54/h1-26H. The van der Waals surface area contributed by atoms with Crippen LogP contribution < -0.4 is 0 Å². The molecule has 0 fully saturated rings. The minimum atomic E-state index is 0.374. The van der Waals surface area contributed by atoms with Gasteiger partial charge in [0, 0.05) is 60.8 Å². The summed E-state index contributed by atoms with van der Waals surface area (Å²) in [6.45, 7) is 0. The maximum Gasteiger partial charge on any atom is 0.137 e. The van der Waals surface area contributed by atoms with E-state index in [1.807, 2.05) is 78.9 Å². The molecule has 12 rings (SSSR count). The highest BCUT2D eigenvalue weighted by Crippen LogP contribution is 2.47. The van der Waals surface area contributed by atoms with Gasteiger partial charge < -0.3 is 18.0 Å². The van der Waals surface area contributed by atoms with Crippen LogP contribution in [0.5, 0.6) is 0 Å². The third-order valence-corrected chi connectivity index (χ3v) is 11.4. The fourth-order valence-electron chi connectivity index (χ4n) is 9.03. The number of furan rings is 2. The first-order valence-corrected chi connectivity index (χ1v) is 18.5. The largest absolute Gasteiger partial charge is 0.456 e. The zero-order valence-electron chi connectivity index (χ0n) is 29.6. The van der Waals surface area contributed by atoms with Crippen LogP contribution >= 0.6 is 0 Å². The molecule has 0 unspecified atom stereocenters. The number of hydrogen-bond acceptors (Lipinski definition) is 4. The molecule has 0 saturated carbocycles. The van der Waals surface area contributed by atoms with Crippen molar-refractivity contribution in [2.75, 3.05) is 0 Å². The van der Waals surface area contributed by atoms with Crippen molar-refractivity contribution in [2.24, 2.45) is 0 Å². The predicted octanol–water partition coefficient (Wildman–Crippen LogP) is 13.1. The highest BCUT2D eigenvalue weighted by molar-refractivity contribution is 6.20. The van der Waals surface area contributed by atoms with Gasteiger partial charge in [-0.05, 0) is 48.0 Å². The monoisotopic (exact) mass is 714 g/mol. The van der Waals surface area contributed by atoms with Gasteiger partial charge in [-0.2, -0.15) is 10.5 Å². The second-order valence-corrected chi connectivity index (χ2v) is 14.3. The van der Waals surface area contributed by atoms with Crippen LogP contribution in [0.3, 0.4) is 0 Å². The Bertz CT molecular complexity index is 3730. The van der Waals surface area contributed by atoms with Crippen LogP contribution in [-0.4, -0.2) is 9.13 Å². The van der Waals surface area contributed by atoms with E-state index >= 15 is 0 Å². The average Bonchev–Trinajstić information content (AvgIpc) is 3.98. The van der Waals surface area contributed by atoms with E-state index in [0.29, 0.717) is 16.8 Å². The van der Waals surface area contributed by atoms with Crippen molar-refractivity contribution >= 4 is 87.5 Å². The fourth-order valence-corrected chi connectivity index (χ4v) is 9.03. The van der Waals surface area contributed by atoms with Crippen LogP contribution in [0.4, 0.5) is 0 Å². The Kier molecular flexibility index (Phi) is 6.10. The van der Waals surface area contributed by atoms with Crippen LogP contribution in [0, 0.1) is 22.7 Å². The lowest BCUT2D eigenvalue weighted by molar-refractivity contribution is 0.669. The molecule has 0 aliphatic heterocycles. The van der Waals surface area contributed by atoms with E-state index in [1.54, 1.807) is 6.07 Å². The SMILES string of the molecule is N#Cc1cc(C#N)c(-n2c3ccccc3c3cc4c(cc32)oc2ccccc24)c(-n2c3ccccc3c3cc4c(cc32)oc2ccccc24)c1-c1ccccc1. The van der Waals surface area contributed by atoms with Gasteiger partial charge in [0.25, 0.3) is 0 Å². The zero-order valence-corrected chi connectivity index (χ0v) is 29.6. The van der Waals surface area contributed by atoms with E-state index in [4.69, 9.17) is 8.83 Å². The molecule has 56 heavy (non-hydrogen) atoms. The molecule has 0 spiro atoms. The number of aromatic nitrogens is 2. The van der Waals surface area contributed by atoms with Gasteiger partial charge in [-0.25, -0.2) is 0 Å². The smallest absolute Gasteiger partial charge is 0.137 e. The summed E-state index contributed by atoms with van der Waals surface area (Å²) in [7, 11) is 0. The van der Waals surface area contributed by atoms with E-state index in [1.165, 1.54) is 0 Å². The topological polar surface area (TPSA) is 83.7 Å². The number of benzene rings is 8.